The van der Waals surface area contributed by atoms with E-state index < -0.39 is 0 Å². The molecule has 2 aromatic carbocycles. The fourth-order valence-electron chi connectivity index (χ4n) is 2.75. The van der Waals surface area contributed by atoms with Crippen molar-refractivity contribution in [2.75, 3.05) is 5.75 Å². The number of amides is 1. The summed E-state index contributed by atoms with van der Waals surface area (Å²) in [6, 6.07) is 14.7. The summed E-state index contributed by atoms with van der Waals surface area (Å²) < 4.78 is 1.93. The van der Waals surface area contributed by atoms with Gasteiger partial charge in [0, 0.05) is 22.2 Å². The van der Waals surface area contributed by atoms with Gasteiger partial charge in [-0.15, -0.1) is 16.8 Å². The quantitative estimate of drug-likeness (QED) is 0.371. The second kappa shape index (κ2) is 9.96. The Morgan fingerprint density at radius 2 is 1.76 bits per heavy atom. The first-order valence-electron chi connectivity index (χ1n) is 8.95. The van der Waals surface area contributed by atoms with Crippen molar-refractivity contribution in [1.82, 2.24) is 20.1 Å². The minimum Gasteiger partial charge on any atom is -0.349 e. The normalized spacial score (nSPS) is 11.8. The van der Waals surface area contributed by atoms with Crippen LogP contribution in [0.1, 0.15) is 18.5 Å². The van der Waals surface area contributed by atoms with Gasteiger partial charge < -0.3 is 5.32 Å². The number of halogens is 2. The van der Waals surface area contributed by atoms with Gasteiger partial charge >= 0.3 is 0 Å². The number of nitrogens with zero attached hydrogens (tertiary/aromatic N) is 3. The monoisotopic (exact) mass is 446 g/mol. The van der Waals surface area contributed by atoms with Crippen LogP contribution in [-0.2, 0) is 11.3 Å². The maximum absolute atomic E-state index is 12.4. The lowest BCUT2D eigenvalue weighted by atomic mass is 10.1. The van der Waals surface area contributed by atoms with Crippen LogP contribution in [0, 0.1) is 0 Å². The van der Waals surface area contributed by atoms with Crippen molar-refractivity contribution in [2.45, 2.75) is 24.7 Å². The van der Waals surface area contributed by atoms with Crippen LogP contribution >= 0.6 is 35.0 Å². The number of allylic oxidation sites excluding steroid dienone is 1. The van der Waals surface area contributed by atoms with Gasteiger partial charge in [-0.25, -0.2) is 0 Å². The van der Waals surface area contributed by atoms with Crippen LogP contribution in [0.2, 0.25) is 10.0 Å². The molecule has 150 valence electrons. The highest BCUT2D eigenvalue weighted by Crippen LogP contribution is 2.25. The average molecular weight is 447 g/mol. The lowest BCUT2D eigenvalue weighted by Gasteiger charge is -2.14. The molecule has 0 radical (unpaired) electrons. The number of carbonyl (C=O) groups is 1. The molecule has 0 spiro atoms. The molecule has 5 nitrogen and oxygen atoms in total. The van der Waals surface area contributed by atoms with E-state index in [2.05, 4.69) is 22.1 Å². The van der Waals surface area contributed by atoms with Crippen LogP contribution in [0.3, 0.4) is 0 Å². The number of aromatic nitrogens is 3. The summed E-state index contributed by atoms with van der Waals surface area (Å²) in [5, 5.41) is 13.5. The molecule has 1 heterocycles. The molecule has 1 unspecified atom stereocenters. The second-order valence-corrected chi connectivity index (χ2v) is 8.16. The van der Waals surface area contributed by atoms with E-state index in [9.17, 15) is 4.79 Å². The summed E-state index contributed by atoms with van der Waals surface area (Å²) in [7, 11) is 0. The Balaban J connectivity index is 1.66. The number of nitrogens with one attached hydrogen (secondary N) is 1. The highest BCUT2D eigenvalue weighted by atomic mass is 35.5. The molecule has 3 aromatic rings. The summed E-state index contributed by atoms with van der Waals surface area (Å²) in [5.41, 5.74) is 1.89. The van der Waals surface area contributed by atoms with Crippen molar-refractivity contribution in [3.05, 3.63) is 76.8 Å². The van der Waals surface area contributed by atoms with Crippen molar-refractivity contribution < 1.29 is 4.79 Å². The first-order valence-corrected chi connectivity index (χ1v) is 10.7. The highest BCUT2D eigenvalue weighted by molar-refractivity contribution is 7.99. The maximum Gasteiger partial charge on any atom is 0.230 e. The minimum absolute atomic E-state index is 0.0846. The molecule has 0 saturated heterocycles. The largest absolute Gasteiger partial charge is 0.349 e. The standard InChI is InChI=1S/C21H20Cl2N4OS/c1-3-12-27-20(16-6-10-18(23)11-7-16)25-26-21(27)29-13-19(28)24-14(2)15-4-8-17(22)9-5-15/h3-11,14H,1,12-13H2,2H3,(H,24,28). The average Bonchev–Trinajstić information content (AvgIpc) is 3.10. The molecule has 1 aromatic heterocycles. The zero-order valence-corrected chi connectivity index (χ0v) is 18.1. The van der Waals surface area contributed by atoms with Gasteiger partial charge in [-0.1, -0.05) is 53.2 Å². The van der Waals surface area contributed by atoms with Crippen molar-refractivity contribution in [1.29, 1.82) is 0 Å². The summed E-state index contributed by atoms with van der Waals surface area (Å²) in [4.78, 5) is 12.4. The van der Waals surface area contributed by atoms with Crippen molar-refractivity contribution in [2.24, 2.45) is 0 Å². The molecule has 0 bridgehead atoms. The first kappa shape index (κ1) is 21.4. The summed E-state index contributed by atoms with van der Waals surface area (Å²) in [6.07, 6.45) is 1.77. The number of thioether (sulfide) groups is 1. The molecule has 0 aliphatic rings. The van der Waals surface area contributed by atoms with Crippen LogP contribution in [0.25, 0.3) is 11.4 Å². The van der Waals surface area contributed by atoms with Crippen LogP contribution in [-0.4, -0.2) is 26.4 Å². The van der Waals surface area contributed by atoms with Crippen LogP contribution in [0.5, 0.6) is 0 Å². The van der Waals surface area contributed by atoms with E-state index in [1.165, 1.54) is 11.8 Å². The maximum atomic E-state index is 12.4. The van der Waals surface area contributed by atoms with Gasteiger partial charge in [-0.3, -0.25) is 9.36 Å². The molecule has 8 heteroatoms. The Morgan fingerprint density at radius 3 is 2.38 bits per heavy atom. The summed E-state index contributed by atoms with van der Waals surface area (Å²) in [5.74, 6) is 0.853. The number of hydrogen-bond donors (Lipinski definition) is 1. The number of hydrogen-bond acceptors (Lipinski definition) is 4. The second-order valence-electron chi connectivity index (χ2n) is 6.34. The third-order valence-electron chi connectivity index (χ3n) is 4.21. The van der Waals surface area contributed by atoms with E-state index in [4.69, 9.17) is 23.2 Å². The molecule has 1 amide bonds. The van der Waals surface area contributed by atoms with Crippen molar-refractivity contribution in [3.63, 3.8) is 0 Å². The number of benzene rings is 2. The van der Waals surface area contributed by atoms with Gasteiger partial charge in [0.05, 0.1) is 11.8 Å². The minimum atomic E-state index is -0.115. The van der Waals surface area contributed by atoms with E-state index in [0.29, 0.717) is 27.6 Å². The fourth-order valence-corrected chi connectivity index (χ4v) is 3.76. The van der Waals surface area contributed by atoms with E-state index in [1.54, 1.807) is 6.08 Å². The van der Waals surface area contributed by atoms with E-state index in [0.717, 1.165) is 11.1 Å². The molecule has 0 aliphatic carbocycles. The molecule has 1 N–H and O–H groups in total. The van der Waals surface area contributed by atoms with E-state index >= 15 is 0 Å². The van der Waals surface area contributed by atoms with Crippen molar-refractivity contribution >= 4 is 40.9 Å². The van der Waals surface area contributed by atoms with E-state index in [1.807, 2.05) is 60.0 Å². The number of rotatable bonds is 8. The topological polar surface area (TPSA) is 59.8 Å². The van der Waals surface area contributed by atoms with Gasteiger partial charge in [0.1, 0.15) is 0 Å². The molecular formula is C21H20Cl2N4OS. The van der Waals surface area contributed by atoms with Crippen LogP contribution < -0.4 is 5.32 Å². The predicted molar refractivity (Wildman–Crippen MR) is 119 cm³/mol. The van der Waals surface area contributed by atoms with Crippen LogP contribution in [0.15, 0.2) is 66.3 Å². The molecule has 3 rings (SSSR count). The smallest absolute Gasteiger partial charge is 0.230 e. The Kier molecular flexibility index (Phi) is 7.36. The van der Waals surface area contributed by atoms with Gasteiger partial charge in [-0.2, -0.15) is 0 Å². The Bertz CT molecular complexity index is 987. The lowest BCUT2D eigenvalue weighted by Crippen LogP contribution is -2.28. The van der Waals surface area contributed by atoms with Gasteiger partial charge in [0.25, 0.3) is 0 Å². The third-order valence-corrected chi connectivity index (χ3v) is 5.68. The Hall–Kier alpha value is -2.28. The van der Waals surface area contributed by atoms with Crippen molar-refractivity contribution in [3.8, 4) is 11.4 Å². The Morgan fingerprint density at radius 1 is 1.14 bits per heavy atom. The first-order chi connectivity index (χ1) is 14.0. The van der Waals surface area contributed by atoms with Gasteiger partial charge in [0.2, 0.25) is 5.91 Å². The van der Waals surface area contributed by atoms with Crippen LogP contribution in [0.4, 0.5) is 0 Å². The molecule has 0 saturated carbocycles. The zero-order valence-electron chi connectivity index (χ0n) is 15.8. The SMILES string of the molecule is C=CCn1c(SCC(=O)NC(C)c2ccc(Cl)cc2)nnc1-c1ccc(Cl)cc1. The van der Waals surface area contributed by atoms with Gasteiger partial charge in [0.15, 0.2) is 11.0 Å². The lowest BCUT2D eigenvalue weighted by molar-refractivity contribution is -0.119. The predicted octanol–water partition coefficient (Wildman–Crippen LogP) is 5.41. The molecular weight excluding hydrogens is 427 g/mol. The molecule has 29 heavy (non-hydrogen) atoms. The molecule has 0 fully saturated rings. The molecule has 1 atom stereocenters. The Labute approximate surface area is 184 Å². The summed E-state index contributed by atoms with van der Waals surface area (Å²) in [6.45, 7) is 6.28. The zero-order chi connectivity index (χ0) is 20.8. The molecule has 0 aliphatic heterocycles. The fraction of sp³-hybridized carbons (Fsp3) is 0.190. The van der Waals surface area contributed by atoms with Gasteiger partial charge in [-0.05, 0) is 48.9 Å². The summed E-state index contributed by atoms with van der Waals surface area (Å²) >= 11 is 13.2. The third kappa shape index (κ3) is 5.63. The van der Waals surface area contributed by atoms with E-state index in [-0.39, 0.29) is 17.7 Å². The highest BCUT2D eigenvalue weighted by Gasteiger charge is 2.16. The number of carbonyl (C=O) groups excluding carboxylic acids is 1.